The lowest BCUT2D eigenvalue weighted by Gasteiger charge is -2.28. The second-order valence-corrected chi connectivity index (χ2v) is 8.44. The second-order valence-electron chi connectivity index (χ2n) is 8.44. The van der Waals surface area contributed by atoms with Gasteiger partial charge in [-0.15, -0.1) is 0 Å². The number of hydrogen-bond donors (Lipinski definition) is 2. The highest BCUT2D eigenvalue weighted by atomic mass is 16.6. The predicted molar refractivity (Wildman–Crippen MR) is 94.6 cm³/mol. The van der Waals surface area contributed by atoms with Gasteiger partial charge >= 0.3 is 6.09 Å². The van der Waals surface area contributed by atoms with E-state index in [1.54, 1.807) is 0 Å². The fourth-order valence-electron chi connectivity index (χ4n) is 4.05. The summed E-state index contributed by atoms with van der Waals surface area (Å²) >= 11 is 0. The molecule has 2 fully saturated rings. The van der Waals surface area contributed by atoms with Crippen molar-refractivity contribution < 1.29 is 9.53 Å². The van der Waals surface area contributed by atoms with Gasteiger partial charge < -0.3 is 15.4 Å². The summed E-state index contributed by atoms with van der Waals surface area (Å²) in [5.41, 5.74) is -0.429. The molecule has 1 amide bonds. The Kier molecular flexibility index (Phi) is 6.75. The van der Waals surface area contributed by atoms with Crippen molar-refractivity contribution in [2.75, 3.05) is 0 Å². The predicted octanol–water partition coefficient (Wildman–Crippen LogP) is 4.38. The first-order valence-electron chi connectivity index (χ1n) is 9.63. The van der Waals surface area contributed by atoms with Gasteiger partial charge in [-0.05, 0) is 65.2 Å². The highest BCUT2D eigenvalue weighted by Gasteiger charge is 2.32. The zero-order valence-electron chi connectivity index (χ0n) is 15.5. The van der Waals surface area contributed by atoms with Crippen LogP contribution in [0.4, 0.5) is 4.79 Å². The molecule has 4 heteroatoms. The molecule has 0 saturated heterocycles. The molecule has 2 aliphatic rings. The molecule has 0 spiro atoms. The molecular weight excluding hydrogens is 288 g/mol. The summed E-state index contributed by atoms with van der Waals surface area (Å²) in [6.07, 6.45) is 11.1. The molecule has 2 aliphatic carbocycles. The molecule has 0 radical (unpaired) electrons. The lowest BCUT2D eigenvalue weighted by molar-refractivity contribution is 0.0496. The largest absolute Gasteiger partial charge is 0.444 e. The van der Waals surface area contributed by atoms with E-state index in [9.17, 15) is 4.79 Å². The number of carbonyl (C=O) groups excluding carboxylic acids is 1. The average molecular weight is 325 g/mol. The van der Waals surface area contributed by atoms with E-state index in [2.05, 4.69) is 17.6 Å². The van der Waals surface area contributed by atoms with Crippen molar-refractivity contribution in [3.63, 3.8) is 0 Å². The van der Waals surface area contributed by atoms with Gasteiger partial charge in [0.25, 0.3) is 0 Å². The molecule has 4 nitrogen and oxygen atoms in total. The first-order valence-corrected chi connectivity index (χ1v) is 9.63. The minimum absolute atomic E-state index is 0.218. The Balaban J connectivity index is 1.81. The third kappa shape index (κ3) is 6.33. The maximum atomic E-state index is 12.0. The molecule has 2 rings (SSSR count). The summed E-state index contributed by atoms with van der Waals surface area (Å²) in [5, 5.41) is 6.94. The first kappa shape index (κ1) is 18.6. The van der Waals surface area contributed by atoms with Crippen LogP contribution in [-0.2, 0) is 4.74 Å². The topological polar surface area (TPSA) is 50.4 Å². The maximum absolute atomic E-state index is 12.0. The van der Waals surface area contributed by atoms with Gasteiger partial charge in [-0.25, -0.2) is 4.79 Å². The van der Waals surface area contributed by atoms with Crippen molar-refractivity contribution in [1.82, 2.24) is 10.6 Å². The van der Waals surface area contributed by atoms with Crippen molar-refractivity contribution in [2.24, 2.45) is 5.92 Å². The Morgan fingerprint density at radius 2 is 1.70 bits per heavy atom. The molecule has 0 aliphatic heterocycles. The van der Waals surface area contributed by atoms with E-state index in [0.717, 1.165) is 18.8 Å². The Hall–Kier alpha value is -0.770. The number of rotatable bonds is 4. The standard InChI is InChI=1S/C19H36N2O2/c1-5-14-8-6-9-15(13-12-14)20-16-10-7-11-17(16)21-18(22)23-19(2,3)4/h14-17,20H,5-13H2,1-4H3,(H,21,22). The van der Waals surface area contributed by atoms with Crippen molar-refractivity contribution in [1.29, 1.82) is 0 Å². The molecule has 4 atom stereocenters. The van der Waals surface area contributed by atoms with Gasteiger partial charge in [0.05, 0.1) is 0 Å². The normalized spacial score (nSPS) is 32.3. The van der Waals surface area contributed by atoms with Gasteiger partial charge in [0.1, 0.15) is 5.60 Å². The van der Waals surface area contributed by atoms with Crippen LogP contribution in [0.15, 0.2) is 0 Å². The monoisotopic (exact) mass is 324 g/mol. The molecule has 134 valence electrons. The third-order valence-corrected chi connectivity index (χ3v) is 5.33. The van der Waals surface area contributed by atoms with E-state index in [0.29, 0.717) is 12.1 Å². The molecule has 2 saturated carbocycles. The van der Waals surface area contributed by atoms with Crippen LogP contribution in [0.2, 0.25) is 0 Å². The maximum Gasteiger partial charge on any atom is 0.407 e. The Bertz CT molecular complexity index is 378. The minimum Gasteiger partial charge on any atom is -0.444 e. The van der Waals surface area contributed by atoms with Crippen LogP contribution in [0.3, 0.4) is 0 Å². The quantitative estimate of drug-likeness (QED) is 0.755. The summed E-state index contributed by atoms with van der Waals surface area (Å²) in [4.78, 5) is 12.0. The molecule has 0 bridgehead atoms. The number of hydrogen-bond acceptors (Lipinski definition) is 3. The SMILES string of the molecule is CCC1CCCC(NC2CCCC2NC(=O)OC(C)(C)C)CC1. The first-order chi connectivity index (χ1) is 10.9. The van der Waals surface area contributed by atoms with Gasteiger partial charge in [-0.3, -0.25) is 0 Å². The van der Waals surface area contributed by atoms with Crippen LogP contribution >= 0.6 is 0 Å². The number of nitrogens with one attached hydrogen (secondary N) is 2. The van der Waals surface area contributed by atoms with Crippen molar-refractivity contribution in [3.8, 4) is 0 Å². The van der Waals surface area contributed by atoms with Crippen LogP contribution in [-0.4, -0.2) is 29.8 Å². The van der Waals surface area contributed by atoms with Crippen molar-refractivity contribution in [3.05, 3.63) is 0 Å². The van der Waals surface area contributed by atoms with Crippen molar-refractivity contribution in [2.45, 2.75) is 109 Å². The molecule has 0 aromatic rings. The van der Waals surface area contributed by atoms with Crippen molar-refractivity contribution >= 4 is 6.09 Å². The van der Waals surface area contributed by atoms with E-state index in [1.807, 2.05) is 20.8 Å². The highest BCUT2D eigenvalue weighted by molar-refractivity contribution is 5.68. The van der Waals surface area contributed by atoms with Crippen LogP contribution < -0.4 is 10.6 Å². The molecule has 0 aromatic heterocycles. The van der Waals surface area contributed by atoms with E-state index in [1.165, 1.54) is 44.9 Å². The fraction of sp³-hybridized carbons (Fsp3) is 0.947. The number of carbonyl (C=O) groups is 1. The minimum atomic E-state index is -0.429. The molecule has 2 N–H and O–H groups in total. The van der Waals surface area contributed by atoms with Gasteiger partial charge in [-0.1, -0.05) is 26.2 Å². The highest BCUT2D eigenvalue weighted by Crippen LogP contribution is 2.27. The molecule has 23 heavy (non-hydrogen) atoms. The van der Waals surface area contributed by atoms with E-state index in [-0.39, 0.29) is 12.1 Å². The third-order valence-electron chi connectivity index (χ3n) is 5.33. The Morgan fingerprint density at radius 1 is 1.00 bits per heavy atom. The van der Waals surface area contributed by atoms with Crippen LogP contribution in [0.25, 0.3) is 0 Å². The summed E-state index contributed by atoms with van der Waals surface area (Å²) in [6, 6.07) is 1.25. The van der Waals surface area contributed by atoms with Crippen LogP contribution in [0.1, 0.15) is 85.5 Å². The van der Waals surface area contributed by atoms with Gasteiger partial charge in [-0.2, -0.15) is 0 Å². The zero-order chi connectivity index (χ0) is 16.9. The number of ether oxygens (including phenoxy) is 1. The molecular formula is C19H36N2O2. The van der Waals surface area contributed by atoms with Gasteiger partial charge in [0.15, 0.2) is 0 Å². The van der Waals surface area contributed by atoms with Gasteiger partial charge in [0.2, 0.25) is 0 Å². The summed E-state index contributed by atoms with van der Waals surface area (Å²) in [6.45, 7) is 8.04. The van der Waals surface area contributed by atoms with Gasteiger partial charge in [0, 0.05) is 18.1 Å². The molecule has 0 aromatic carbocycles. The summed E-state index contributed by atoms with van der Waals surface area (Å²) in [5.74, 6) is 0.918. The Morgan fingerprint density at radius 3 is 2.39 bits per heavy atom. The molecule has 0 heterocycles. The lowest BCUT2D eigenvalue weighted by atomic mass is 9.97. The fourth-order valence-corrected chi connectivity index (χ4v) is 4.05. The summed E-state index contributed by atoms with van der Waals surface area (Å²) in [7, 11) is 0. The smallest absolute Gasteiger partial charge is 0.407 e. The molecule has 4 unspecified atom stereocenters. The average Bonchev–Trinajstić information content (AvgIpc) is 2.74. The number of alkyl carbamates (subject to hydrolysis) is 1. The zero-order valence-corrected chi connectivity index (χ0v) is 15.5. The number of amides is 1. The van der Waals surface area contributed by atoms with E-state index < -0.39 is 5.60 Å². The summed E-state index contributed by atoms with van der Waals surface area (Å²) < 4.78 is 5.41. The lowest BCUT2D eigenvalue weighted by Crippen LogP contribution is -2.50. The second kappa shape index (κ2) is 8.36. The van der Waals surface area contributed by atoms with Crippen LogP contribution in [0, 0.1) is 5.92 Å². The Labute approximate surface area is 142 Å². The van der Waals surface area contributed by atoms with Crippen LogP contribution in [0.5, 0.6) is 0 Å². The van der Waals surface area contributed by atoms with E-state index >= 15 is 0 Å². The van der Waals surface area contributed by atoms with E-state index in [4.69, 9.17) is 4.74 Å².